The van der Waals surface area contributed by atoms with Crippen LogP contribution in [0.5, 0.6) is 5.75 Å². The lowest BCUT2D eigenvalue weighted by Gasteiger charge is -2.18. The van der Waals surface area contributed by atoms with Gasteiger partial charge in [0, 0.05) is 0 Å². The molecule has 156 valence electrons. The van der Waals surface area contributed by atoms with Crippen molar-refractivity contribution >= 4 is 16.0 Å². The summed E-state index contributed by atoms with van der Waals surface area (Å²) in [6.07, 6.45) is 0.0977. The van der Waals surface area contributed by atoms with E-state index in [-0.39, 0.29) is 23.7 Å². The molecule has 30 heavy (non-hydrogen) atoms. The van der Waals surface area contributed by atoms with Gasteiger partial charge in [-0.1, -0.05) is 54.6 Å². The molecule has 6 nitrogen and oxygen atoms in total. The first-order valence-electron chi connectivity index (χ1n) is 9.51. The Hall–Kier alpha value is -3.16. The van der Waals surface area contributed by atoms with E-state index in [0.717, 1.165) is 11.1 Å². The molecule has 0 bridgehead atoms. The summed E-state index contributed by atoms with van der Waals surface area (Å²) >= 11 is 0. The van der Waals surface area contributed by atoms with Gasteiger partial charge in [-0.05, 0) is 54.3 Å². The second kappa shape index (κ2) is 9.56. The molecular formula is C23H23NO5S. The van der Waals surface area contributed by atoms with E-state index in [4.69, 9.17) is 4.74 Å². The minimum atomic E-state index is -3.95. The number of phenolic OH excluding ortho intramolecular Hbond substituents is 1. The smallest absolute Gasteiger partial charge is 0.324 e. The van der Waals surface area contributed by atoms with E-state index < -0.39 is 22.0 Å². The number of phenols is 1. The molecule has 0 fully saturated rings. The zero-order chi connectivity index (χ0) is 21.6. The molecule has 0 aliphatic heterocycles. The van der Waals surface area contributed by atoms with Crippen LogP contribution in [0, 0.1) is 0 Å². The largest absolute Gasteiger partial charge is 0.508 e. The number of hydrogen-bond donors (Lipinski definition) is 2. The van der Waals surface area contributed by atoms with E-state index in [1.165, 1.54) is 24.3 Å². The van der Waals surface area contributed by atoms with E-state index in [9.17, 15) is 18.3 Å². The van der Waals surface area contributed by atoms with Gasteiger partial charge in [-0.3, -0.25) is 4.79 Å². The van der Waals surface area contributed by atoms with Crippen molar-refractivity contribution in [2.45, 2.75) is 24.3 Å². The Bertz CT molecular complexity index is 1080. The highest BCUT2D eigenvalue weighted by Gasteiger charge is 2.27. The molecule has 0 spiro atoms. The standard InChI is InChI=1S/C23H23NO5S/c1-2-29-23(26)22(16-17-8-12-20(25)13-9-17)24-30(27,28)21-14-10-19(11-15-21)18-6-4-3-5-7-18/h3-15,22,24-25H,2,16H2,1H3/t22-/m0/s1. The van der Waals surface area contributed by atoms with Crippen LogP contribution in [0.4, 0.5) is 0 Å². The molecular weight excluding hydrogens is 402 g/mol. The number of benzene rings is 3. The Morgan fingerprint density at radius 3 is 2.13 bits per heavy atom. The Morgan fingerprint density at radius 2 is 1.53 bits per heavy atom. The molecule has 0 radical (unpaired) electrons. The average molecular weight is 426 g/mol. The van der Waals surface area contributed by atoms with Crippen molar-refractivity contribution in [2.75, 3.05) is 6.61 Å². The van der Waals surface area contributed by atoms with E-state index >= 15 is 0 Å². The van der Waals surface area contributed by atoms with Gasteiger partial charge in [0.05, 0.1) is 11.5 Å². The summed E-state index contributed by atoms with van der Waals surface area (Å²) in [7, 11) is -3.95. The van der Waals surface area contributed by atoms with Crippen molar-refractivity contribution in [3.63, 3.8) is 0 Å². The van der Waals surface area contributed by atoms with Crippen LogP contribution in [-0.2, 0) is 26.0 Å². The molecule has 3 aromatic carbocycles. The van der Waals surface area contributed by atoms with Crippen LogP contribution in [-0.4, -0.2) is 32.1 Å². The zero-order valence-electron chi connectivity index (χ0n) is 16.5. The van der Waals surface area contributed by atoms with Crippen LogP contribution in [0.1, 0.15) is 12.5 Å². The van der Waals surface area contributed by atoms with Crippen LogP contribution in [0.3, 0.4) is 0 Å². The van der Waals surface area contributed by atoms with Crippen LogP contribution in [0.15, 0.2) is 83.8 Å². The summed E-state index contributed by atoms with van der Waals surface area (Å²) in [5.74, 6) is -0.569. The second-order valence-corrected chi connectivity index (χ2v) is 8.40. The lowest BCUT2D eigenvalue weighted by molar-refractivity contribution is -0.145. The minimum Gasteiger partial charge on any atom is -0.508 e. The second-order valence-electron chi connectivity index (χ2n) is 6.69. The molecule has 0 aliphatic carbocycles. The lowest BCUT2D eigenvalue weighted by Crippen LogP contribution is -2.43. The van der Waals surface area contributed by atoms with Crippen LogP contribution in [0.25, 0.3) is 11.1 Å². The van der Waals surface area contributed by atoms with Crippen LogP contribution in [0.2, 0.25) is 0 Å². The first-order chi connectivity index (χ1) is 14.4. The Kier molecular flexibility index (Phi) is 6.87. The average Bonchev–Trinajstić information content (AvgIpc) is 2.75. The minimum absolute atomic E-state index is 0.0576. The van der Waals surface area contributed by atoms with Gasteiger partial charge in [0.1, 0.15) is 11.8 Å². The SMILES string of the molecule is CCOC(=O)[C@H](Cc1ccc(O)cc1)NS(=O)(=O)c1ccc(-c2ccccc2)cc1. The lowest BCUT2D eigenvalue weighted by atomic mass is 10.1. The fraction of sp³-hybridized carbons (Fsp3) is 0.174. The highest BCUT2D eigenvalue weighted by Crippen LogP contribution is 2.21. The van der Waals surface area contributed by atoms with Crippen molar-refractivity contribution in [2.24, 2.45) is 0 Å². The molecule has 0 saturated heterocycles. The number of hydrogen-bond acceptors (Lipinski definition) is 5. The maximum absolute atomic E-state index is 12.9. The number of carbonyl (C=O) groups is 1. The van der Waals surface area contributed by atoms with Crippen molar-refractivity contribution in [1.82, 2.24) is 4.72 Å². The van der Waals surface area contributed by atoms with E-state index in [1.54, 1.807) is 31.2 Å². The number of rotatable bonds is 8. The van der Waals surface area contributed by atoms with Crippen molar-refractivity contribution in [3.05, 3.63) is 84.4 Å². The van der Waals surface area contributed by atoms with Gasteiger partial charge >= 0.3 is 5.97 Å². The molecule has 2 N–H and O–H groups in total. The molecule has 3 aromatic rings. The number of aromatic hydroxyl groups is 1. The molecule has 0 aromatic heterocycles. The summed E-state index contributed by atoms with van der Waals surface area (Å²) in [4.78, 5) is 12.4. The topological polar surface area (TPSA) is 92.7 Å². The summed E-state index contributed by atoms with van der Waals surface area (Å²) in [6.45, 7) is 1.80. The third-order valence-electron chi connectivity index (χ3n) is 4.52. The van der Waals surface area contributed by atoms with Gasteiger partial charge in [-0.2, -0.15) is 4.72 Å². The van der Waals surface area contributed by atoms with Crippen molar-refractivity contribution < 1.29 is 23.1 Å². The molecule has 1 atom stereocenters. The molecule has 0 aliphatic rings. The summed E-state index contributed by atoms with van der Waals surface area (Å²) < 4.78 is 33.3. The maximum Gasteiger partial charge on any atom is 0.324 e. The van der Waals surface area contributed by atoms with E-state index in [0.29, 0.717) is 5.56 Å². The van der Waals surface area contributed by atoms with E-state index in [2.05, 4.69) is 4.72 Å². The third-order valence-corrected chi connectivity index (χ3v) is 6.00. The van der Waals surface area contributed by atoms with Crippen LogP contribution >= 0.6 is 0 Å². The number of nitrogens with one attached hydrogen (secondary N) is 1. The summed E-state index contributed by atoms with van der Waals surface area (Å²) in [5, 5.41) is 9.42. The molecule has 0 unspecified atom stereocenters. The monoisotopic (exact) mass is 425 g/mol. The Morgan fingerprint density at radius 1 is 0.933 bits per heavy atom. The van der Waals surface area contributed by atoms with Crippen LogP contribution < -0.4 is 4.72 Å². The van der Waals surface area contributed by atoms with Gasteiger partial charge in [-0.15, -0.1) is 0 Å². The Balaban J connectivity index is 1.81. The van der Waals surface area contributed by atoms with Gasteiger partial charge in [0.25, 0.3) is 0 Å². The summed E-state index contributed by atoms with van der Waals surface area (Å²) in [6, 6.07) is 21.2. The molecule has 0 saturated carbocycles. The predicted molar refractivity (Wildman–Crippen MR) is 114 cm³/mol. The number of ether oxygens (including phenoxy) is 1. The summed E-state index contributed by atoms with van der Waals surface area (Å²) in [5.41, 5.74) is 2.56. The maximum atomic E-state index is 12.9. The van der Waals surface area contributed by atoms with Crippen molar-refractivity contribution in [1.29, 1.82) is 0 Å². The third kappa shape index (κ3) is 5.46. The first-order valence-corrected chi connectivity index (χ1v) is 11.0. The number of sulfonamides is 1. The zero-order valence-corrected chi connectivity index (χ0v) is 17.3. The van der Waals surface area contributed by atoms with E-state index in [1.807, 2.05) is 30.3 Å². The van der Waals surface area contributed by atoms with Gasteiger partial charge in [-0.25, -0.2) is 8.42 Å². The normalized spacial score (nSPS) is 12.3. The fourth-order valence-electron chi connectivity index (χ4n) is 3.00. The highest BCUT2D eigenvalue weighted by molar-refractivity contribution is 7.89. The molecule has 0 amide bonds. The predicted octanol–water partition coefficient (Wildman–Crippen LogP) is 3.51. The molecule has 7 heteroatoms. The quantitative estimate of drug-likeness (QED) is 0.539. The number of esters is 1. The number of carbonyl (C=O) groups excluding carboxylic acids is 1. The van der Waals surface area contributed by atoms with Gasteiger partial charge in [0.2, 0.25) is 10.0 Å². The van der Waals surface area contributed by atoms with Gasteiger partial charge < -0.3 is 9.84 Å². The molecule has 3 rings (SSSR count). The molecule has 0 heterocycles. The van der Waals surface area contributed by atoms with Crippen molar-refractivity contribution in [3.8, 4) is 16.9 Å². The Labute approximate surface area is 176 Å². The fourth-order valence-corrected chi connectivity index (χ4v) is 4.18. The first kappa shape index (κ1) is 21.5. The highest BCUT2D eigenvalue weighted by atomic mass is 32.2. The van der Waals surface area contributed by atoms with Gasteiger partial charge in [0.15, 0.2) is 0 Å².